The molecule has 4 rings (SSSR count). The summed E-state index contributed by atoms with van der Waals surface area (Å²) in [6, 6.07) is 13.4. The molecule has 0 bridgehead atoms. The smallest absolute Gasteiger partial charge is 0.126 e. The molecule has 0 aliphatic heterocycles. The zero-order valence-corrected chi connectivity index (χ0v) is 57.3. The SMILES string of the molecule is CCCCOc1c(CCCCS)cc(CCCCS)cc1CCCCS.COc1c(CCS)c(CCS)c(OC)c(CCS)c1CCS.Cc1c(CS)c(CS)c(C)c(CS)c1CS.NCCc1ccc(CCS)cc1. The first kappa shape index (κ1) is 74.5. The Morgan fingerprint density at radius 3 is 1.00 bits per heavy atom. The van der Waals surface area contributed by atoms with Crippen molar-refractivity contribution in [2.75, 3.05) is 73.4 Å². The van der Waals surface area contributed by atoms with Crippen molar-refractivity contribution in [2.45, 2.75) is 153 Å². The van der Waals surface area contributed by atoms with E-state index in [4.69, 9.17) is 19.9 Å². The first-order valence-electron chi connectivity index (χ1n) is 27.2. The van der Waals surface area contributed by atoms with Gasteiger partial charge in [0.25, 0.3) is 0 Å². The van der Waals surface area contributed by atoms with Crippen LogP contribution in [0.4, 0.5) is 0 Å². The maximum atomic E-state index is 6.30. The molecule has 0 amide bonds. The molecule has 0 saturated heterocycles. The molecule has 0 heterocycles. The number of hydrogen-bond donors (Lipinski definition) is 13. The van der Waals surface area contributed by atoms with E-state index in [1.165, 1.54) is 121 Å². The van der Waals surface area contributed by atoms with Crippen LogP contribution in [0.25, 0.3) is 0 Å². The van der Waals surface area contributed by atoms with E-state index in [1.807, 2.05) is 0 Å². The average Bonchev–Trinajstić information content (AvgIpc) is 3.42. The van der Waals surface area contributed by atoms with Crippen LogP contribution in [0.5, 0.6) is 17.2 Å². The van der Waals surface area contributed by atoms with E-state index < -0.39 is 0 Å². The fraction of sp³-hybridized carbons (Fsp3) is 0.600. The van der Waals surface area contributed by atoms with Gasteiger partial charge in [0.1, 0.15) is 17.2 Å². The third kappa shape index (κ3) is 25.9. The summed E-state index contributed by atoms with van der Waals surface area (Å²) in [6.45, 7) is 8.07. The van der Waals surface area contributed by atoms with Gasteiger partial charge in [-0.15, -0.1) is 0 Å². The van der Waals surface area contributed by atoms with Crippen molar-refractivity contribution in [1.82, 2.24) is 0 Å². The van der Waals surface area contributed by atoms with Crippen LogP contribution < -0.4 is 19.9 Å². The van der Waals surface area contributed by atoms with Crippen LogP contribution in [-0.2, 0) is 80.8 Å². The lowest BCUT2D eigenvalue weighted by molar-refractivity contribution is 0.302. The van der Waals surface area contributed by atoms with Crippen molar-refractivity contribution in [3.63, 3.8) is 0 Å². The van der Waals surface area contributed by atoms with Gasteiger partial charge in [0.05, 0.1) is 20.8 Å². The van der Waals surface area contributed by atoms with Crippen LogP contribution in [0.3, 0.4) is 0 Å². The largest absolute Gasteiger partial charge is 0.496 e. The molecular weight excluding hydrogens is 1170 g/mol. The highest BCUT2D eigenvalue weighted by molar-refractivity contribution is 7.81. The summed E-state index contributed by atoms with van der Waals surface area (Å²) in [5, 5.41) is 0. The third-order valence-electron chi connectivity index (χ3n) is 13.3. The summed E-state index contributed by atoms with van der Waals surface area (Å²) < 4.78 is 17.9. The number of methoxy groups -OCH3 is 2. The van der Waals surface area contributed by atoms with Gasteiger partial charge in [-0.25, -0.2) is 0 Å². The van der Waals surface area contributed by atoms with E-state index in [0.29, 0.717) is 0 Å². The second-order valence-electron chi connectivity index (χ2n) is 18.5. The summed E-state index contributed by atoms with van der Waals surface area (Å²) in [5.74, 6) is 13.0. The molecule has 0 aromatic heterocycles. The van der Waals surface area contributed by atoms with Gasteiger partial charge in [0, 0.05) is 45.3 Å². The van der Waals surface area contributed by atoms with Gasteiger partial charge in [-0.05, 0) is 230 Å². The monoisotopic (exact) mass is 1260 g/mol. The number of hydrogen-bond acceptors (Lipinski definition) is 16. The van der Waals surface area contributed by atoms with Gasteiger partial charge < -0.3 is 19.9 Å². The Morgan fingerprint density at radius 1 is 0.368 bits per heavy atom. The van der Waals surface area contributed by atoms with E-state index in [0.717, 1.165) is 171 Å². The quantitative estimate of drug-likeness (QED) is 0.0170. The number of ether oxygens (including phenoxy) is 3. The molecule has 76 heavy (non-hydrogen) atoms. The number of nitrogens with two attached hydrogens (primary N) is 1. The van der Waals surface area contributed by atoms with Gasteiger partial charge in [-0.1, -0.05) is 49.7 Å². The van der Waals surface area contributed by atoms with Crippen molar-refractivity contribution in [3.8, 4) is 17.2 Å². The van der Waals surface area contributed by atoms with E-state index in [9.17, 15) is 0 Å². The second-order valence-corrected chi connectivity index (χ2v) is 23.3. The summed E-state index contributed by atoms with van der Waals surface area (Å²) in [4.78, 5) is 0. The molecule has 0 radical (unpaired) electrons. The van der Waals surface area contributed by atoms with Crippen LogP contribution in [0.15, 0.2) is 36.4 Å². The molecule has 0 fully saturated rings. The Hall–Kier alpha value is 0.440. The highest BCUT2D eigenvalue weighted by Gasteiger charge is 2.24. The molecule has 0 aliphatic carbocycles. The van der Waals surface area contributed by atoms with Crippen LogP contribution in [0.1, 0.15) is 142 Å². The lowest BCUT2D eigenvalue weighted by Gasteiger charge is -2.24. The molecule has 0 aliphatic rings. The van der Waals surface area contributed by atoms with Crippen LogP contribution in [-0.4, -0.2) is 73.4 Å². The van der Waals surface area contributed by atoms with Crippen molar-refractivity contribution in [1.29, 1.82) is 0 Å². The number of rotatable bonds is 34. The fourth-order valence-electron chi connectivity index (χ4n) is 9.35. The predicted molar refractivity (Wildman–Crippen MR) is 380 cm³/mol. The van der Waals surface area contributed by atoms with E-state index in [1.54, 1.807) is 14.2 Å². The van der Waals surface area contributed by atoms with Crippen molar-refractivity contribution < 1.29 is 14.2 Å². The zero-order valence-electron chi connectivity index (χ0n) is 46.6. The summed E-state index contributed by atoms with van der Waals surface area (Å²) in [7, 11) is 3.47. The van der Waals surface area contributed by atoms with Crippen LogP contribution in [0, 0.1) is 13.8 Å². The van der Waals surface area contributed by atoms with Gasteiger partial charge in [0.2, 0.25) is 0 Å². The molecule has 0 saturated carbocycles. The number of unbranched alkanes of at least 4 members (excludes halogenated alkanes) is 4. The van der Waals surface area contributed by atoms with E-state index in [2.05, 4.69) is 209 Å². The summed E-state index contributed by atoms with van der Waals surface area (Å²) >= 11 is 52.6. The Balaban J connectivity index is 0.000000525. The Morgan fingerprint density at radius 2 is 0.711 bits per heavy atom. The van der Waals surface area contributed by atoms with Gasteiger partial charge in [-0.2, -0.15) is 152 Å². The standard InChI is InChI=1S/C22H38OS3.C16H26O2S4.C12H18S4.C10H15NS/c1-2-3-13-23-22-20(11-5-8-15-25)17-19(10-4-7-14-24)18-21(22)12-6-9-16-26;1-17-15-11(3-7-19)13(5-9-21)16(18-2)14(6-10-22)12(15)4-8-20;1-7-9(3-13)11(5-15)8(2)12(6-16)10(7)4-14;11-7-5-9-1-3-10(4-2-9)6-8-12/h17-18,24-26H,2-16H2,1H3;19-22H,3-10H2,1-2H3;13-16H,3-6H2,1-2H3;1-4,12H,5-8,11H2. The molecule has 4 aromatic carbocycles. The van der Waals surface area contributed by atoms with Crippen molar-refractivity contribution in [3.05, 3.63) is 120 Å². The third-order valence-corrected chi connectivity index (χ3v) is 16.7. The minimum Gasteiger partial charge on any atom is -0.496 e. The Kier molecular flexibility index (Phi) is 45.9. The average molecular weight is 1270 g/mol. The summed E-state index contributed by atoms with van der Waals surface area (Å²) in [5.41, 5.74) is 25.1. The Labute approximate surface area is 529 Å². The molecule has 0 spiro atoms. The molecule has 16 heteroatoms. The molecule has 2 N–H and O–H groups in total. The molecule has 4 aromatic rings. The summed E-state index contributed by atoms with van der Waals surface area (Å²) in [6.07, 6.45) is 18.2. The van der Waals surface area contributed by atoms with Crippen molar-refractivity contribution >= 4 is 152 Å². The second kappa shape index (κ2) is 46.9. The topological polar surface area (TPSA) is 53.7 Å². The predicted octanol–water partition coefficient (Wildman–Crippen LogP) is 15.9. The van der Waals surface area contributed by atoms with Gasteiger partial charge >= 0.3 is 0 Å². The van der Waals surface area contributed by atoms with Crippen LogP contribution in [0.2, 0.25) is 0 Å². The zero-order chi connectivity index (χ0) is 56.7. The minimum absolute atomic E-state index is 0.728. The maximum absolute atomic E-state index is 6.30. The number of aryl methyl sites for hydroxylation is 4. The normalized spacial score (nSPS) is 10.8. The maximum Gasteiger partial charge on any atom is 0.126 e. The number of thiol groups is 12. The number of benzene rings is 4. The molecular formula is C60H97NO3S12. The first-order valence-corrected chi connectivity index (χ1v) is 34.8. The highest BCUT2D eigenvalue weighted by Crippen LogP contribution is 2.41. The van der Waals surface area contributed by atoms with Crippen LogP contribution >= 0.6 is 152 Å². The lowest BCUT2D eigenvalue weighted by Crippen LogP contribution is -2.12. The minimum atomic E-state index is 0.728. The van der Waals surface area contributed by atoms with Crippen molar-refractivity contribution in [2.24, 2.45) is 5.73 Å². The first-order chi connectivity index (χ1) is 36.9. The van der Waals surface area contributed by atoms with E-state index in [-0.39, 0.29) is 0 Å². The molecule has 4 nitrogen and oxygen atoms in total. The van der Waals surface area contributed by atoms with Gasteiger partial charge in [0.15, 0.2) is 0 Å². The van der Waals surface area contributed by atoms with E-state index >= 15 is 0 Å². The highest BCUT2D eigenvalue weighted by atomic mass is 32.1. The van der Waals surface area contributed by atoms with Gasteiger partial charge in [-0.3, -0.25) is 0 Å². The molecule has 432 valence electrons. The lowest BCUT2D eigenvalue weighted by atomic mass is 9.90. The molecule has 0 unspecified atom stereocenters. The Bertz CT molecular complexity index is 1950. The fourth-order valence-corrected chi connectivity index (χ4v) is 12.9. The molecule has 0 atom stereocenters.